The van der Waals surface area contributed by atoms with Gasteiger partial charge in [0.15, 0.2) is 6.29 Å². The Morgan fingerprint density at radius 2 is 1.84 bits per heavy atom. The van der Waals surface area contributed by atoms with E-state index in [-0.39, 0.29) is 6.29 Å². The summed E-state index contributed by atoms with van der Waals surface area (Å²) in [6.07, 6.45) is 3.74. The molecule has 3 heteroatoms. The standard InChI is InChI=1S/C16H25NO2/c1-4-18-16(19-5-2)11-8-12-17-13-15-10-7-6-9-14(15)3/h6-7,9-10,13,16H,4-5,8,11-12H2,1-3H3. The Morgan fingerprint density at radius 3 is 2.47 bits per heavy atom. The topological polar surface area (TPSA) is 30.8 Å². The van der Waals surface area contributed by atoms with Crippen molar-refractivity contribution in [3.8, 4) is 0 Å². The van der Waals surface area contributed by atoms with Crippen LogP contribution in [0, 0.1) is 6.92 Å². The van der Waals surface area contributed by atoms with E-state index in [0.29, 0.717) is 13.2 Å². The number of rotatable bonds is 9. The molecule has 0 heterocycles. The highest BCUT2D eigenvalue weighted by molar-refractivity contribution is 5.81. The third kappa shape index (κ3) is 6.50. The fourth-order valence-corrected chi connectivity index (χ4v) is 1.83. The van der Waals surface area contributed by atoms with Crippen LogP contribution in [0.4, 0.5) is 0 Å². The number of aliphatic imine (C=N–C) groups is 1. The fourth-order valence-electron chi connectivity index (χ4n) is 1.83. The zero-order valence-corrected chi connectivity index (χ0v) is 12.3. The van der Waals surface area contributed by atoms with Crippen molar-refractivity contribution < 1.29 is 9.47 Å². The maximum absolute atomic E-state index is 5.49. The molecule has 0 fully saturated rings. The molecular formula is C16H25NO2. The highest BCUT2D eigenvalue weighted by Gasteiger charge is 2.06. The van der Waals surface area contributed by atoms with Crippen LogP contribution in [0.2, 0.25) is 0 Å². The van der Waals surface area contributed by atoms with Gasteiger partial charge < -0.3 is 9.47 Å². The lowest BCUT2D eigenvalue weighted by Gasteiger charge is -2.15. The SMILES string of the molecule is CCOC(CCCN=Cc1ccccc1C)OCC. The second kappa shape index (κ2) is 9.70. The first-order valence-corrected chi connectivity index (χ1v) is 7.06. The molecule has 0 atom stereocenters. The van der Waals surface area contributed by atoms with Crippen molar-refractivity contribution in [2.75, 3.05) is 19.8 Å². The molecule has 0 saturated heterocycles. The maximum Gasteiger partial charge on any atom is 0.157 e. The van der Waals surface area contributed by atoms with E-state index < -0.39 is 0 Å². The molecule has 0 radical (unpaired) electrons. The first-order valence-electron chi connectivity index (χ1n) is 7.06. The van der Waals surface area contributed by atoms with Crippen molar-refractivity contribution in [1.29, 1.82) is 0 Å². The fraction of sp³-hybridized carbons (Fsp3) is 0.562. The molecule has 1 aromatic carbocycles. The van der Waals surface area contributed by atoms with Gasteiger partial charge in [0.2, 0.25) is 0 Å². The molecule has 0 aromatic heterocycles. The summed E-state index contributed by atoms with van der Waals surface area (Å²) in [6.45, 7) is 8.27. The smallest absolute Gasteiger partial charge is 0.157 e. The van der Waals surface area contributed by atoms with Crippen LogP contribution in [0.15, 0.2) is 29.3 Å². The highest BCUT2D eigenvalue weighted by Crippen LogP contribution is 2.06. The summed E-state index contributed by atoms with van der Waals surface area (Å²) in [6, 6.07) is 8.26. The Balaban J connectivity index is 2.28. The van der Waals surface area contributed by atoms with Gasteiger partial charge in [-0.2, -0.15) is 0 Å². The summed E-state index contributed by atoms with van der Waals surface area (Å²) in [5, 5.41) is 0. The molecule has 1 rings (SSSR count). The quantitative estimate of drug-likeness (QED) is 0.387. The van der Waals surface area contributed by atoms with Gasteiger partial charge in [0.25, 0.3) is 0 Å². The summed E-state index contributed by atoms with van der Waals surface area (Å²) in [5.41, 5.74) is 2.45. The molecule has 0 bridgehead atoms. The monoisotopic (exact) mass is 263 g/mol. The Morgan fingerprint density at radius 1 is 1.16 bits per heavy atom. The predicted molar refractivity (Wildman–Crippen MR) is 79.9 cm³/mol. The average molecular weight is 263 g/mol. The van der Waals surface area contributed by atoms with Gasteiger partial charge >= 0.3 is 0 Å². The number of benzene rings is 1. The van der Waals surface area contributed by atoms with Gasteiger partial charge in [-0.05, 0) is 38.3 Å². The zero-order chi connectivity index (χ0) is 13.9. The molecular weight excluding hydrogens is 238 g/mol. The second-order valence-electron chi connectivity index (χ2n) is 4.37. The van der Waals surface area contributed by atoms with Gasteiger partial charge in [0.05, 0.1) is 0 Å². The zero-order valence-electron chi connectivity index (χ0n) is 12.3. The van der Waals surface area contributed by atoms with E-state index in [4.69, 9.17) is 9.47 Å². The van der Waals surface area contributed by atoms with Crippen molar-refractivity contribution in [3.63, 3.8) is 0 Å². The third-order valence-electron chi connectivity index (χ3n) is 2.85. The summed E-state index contributed by atoms with van der Waals surface area (Å²) >= 11 is 0. The minimum atomic E-state index is -0.0799. The van der Waals surface area contributed by atoms with E-state index in [9.17, 15) is 0 Å². The molecule has 106 valence electrons. The van der Waals surface area contributed by atoms with Crippen LogP contribution < -0.4 is 0 Å². The maximum atomic E-state index is 5.49. The van der Waals surface area contributed by atoms with Gasteiger partial charge in [-0.15, -0.1) is 0 Å². The highest BCUT2D eigenvalue weighted by atomic mass is 16.7. The molecule has 0 amide bonds. The van der Waals surface area contributed by atoms with Crippen LogP contribution in [0.3, 0.4) is 0 Å². The van der Waals surface area contributed by atoms with E-state index in [2.05, 4.69) is 24.0 Å². The van der Waals surface area contributed by atoms with Gasteiger partial charge in [0.1, 0.15) is 0 Å². The molecule has 0 spiro atoms. The molecule has 19 heavy (non-hydrogen) atoms. The number of hydrogen-bond donors (Lipinski definition) is 0. The lowest BCUT2D eigenvalue weighted by atomic mass is 10.1. The van der Waals surface area contributed by atoms with Crippen LogP contribution in [0.25, 0.3) is 0 Å². The van der Waals surface area contributed by atoms with E-state index in [1.54, 1.807) is 0 Å². The summed E-state index contributed by atoms with van der Waals surface area (Å²) < 4.78 is 11.0. The van der Waals surface area contributed by atoms with Gasteiger partial charge in [0, 0.05) is 32.4 Å². The molecule has 0 unspecified atom stereocenters. The predicted octanol–water partition coefficient (Wildman–Crippen LogP) is 3.59. The van der Waals surface area contributed by atoms with Crippen molar-refractivity contribution >= 4 is 6.21 Å². The molecule has 1 aromatic rings. The average Bonchev–Trinajstić information content (AvgIpc) is 2.41. The van der Waals surface area contributed by atoms with Crippen molar-refractivity contribution in [2.45, 2.75) is 39.9 Å². The first kappa shape index (κ1) is 15.9. The van der Waals surface area contributed by atoms with Crippen molar-refractivity contribution in [2.24, 2.45) is 4.99 Å². The number of aryl methyl sites for hydroxylation is 1. The molecule has 0 saturated carbocycles. The van der Waals surface area contributed by atoms with E-state index in [1.807, 2.05) is 32.2 Å². The van der Waals surface area contributed by atoms with Crippen LogP contribution >= 0.6 is 0 Å². The van der Waals surface area contributed by atoms with Crippen LogP contribution in [-0.2, 0) is 9.47 Å². The van der Waals surface area contributed by atoms with Crippen molar-refractivity contribution in [3.05, 3.63) is 35.4 Å². The van der Waals surface area contributed by atoms with E-state index >= 15 is 0 Å². The first-order chi connectivity index (χ1) is 9.27. The third-order valence-corrected chi connectivity index (χ3v) is 2.85. The minimum absolute atomic E-state index is 0.0799. The van der Waals surface area contributed by atoms with Crippen LogP contribution in [0.5, 0.6) is 0 Å². The molecule has 0 N–H and O–H groups in total. The molecule has 3 nitrogen and oxygen atoms in total. The molecule has 0 aliphatic carbocycles. The normalized spacial score (nSPS) is 11.6. The Hall–Kier alpha value is -1.19. The number of ether oxygens (including phenoxy) is 2. The lowest BCUT2D eigenvalue weighted by molar-refractivity contribution is -0.139. The van der Waals surface area contributed by atoms with Crippen molar-refractivity contribution in [1.82, 2.24) is 0 Å². The van der Waals surface area contributed by atoms with Crippen LogP contribution in [-0.4, -0.2) is 32.3 Å². The Labute approximate surface area is 116 Å². The van der Waals surface area contributed by atoms with Crippen LogP contribution in [0.1, 0.15) is 37.8 Å². The molecule has 0 aliphatic rings. The lowest BCUT2D eigenvalue weighted by Crippen LogP contribution is -2.17. The van der Waals surface area contributed by atoms with Gasteiger partial charge in [-0.1, -0.05) is 24.3 Å². The van der Waals surface area contributed by atoms with E-state index in [0.717, 1.165) is 19.4 Å². The van der Waals surface area contributed by atoms with E-state index in [1.165, 1.54) is 11.1 Å². The summed E-state index contributed by atoms with van der Waals surface area (Å²) in [5.74, 6) is 0. The second-order valence-corrected chi connectivity index (χ2v) is 4.37. The largest absolute Gasteiger partial charge is 0.353 e. The molecule has 0 aliphatic heterocycles. The number of hydrogen-bond acceptors (Lipinski definition) is 3. The van der Waals surface area contributed by atoms with Gasteiger partial charge in [-0.25, -0.2) is 0 Å². The summed E-state index contributed by atoms with van der Waals surface area (Å²) in [7, 11) is 0. The summed E-state index contributed by atoms with van der Waals surface area (Å²) in [4.78, 5) is 4.46. The number of nitrogens with zero attached hydrogens (tertiary/aromatic N) is 1. The Kier molecular flexibility index (Phi) is 8.10. The Bertz CT molecular complexity index is 371. The van der Waals surface area contributed by atoms with Gasteiger partial charge in [-0.3, -0.25) is 4.99 Å². The minimum Gasteiger partial charge on any atom is -0.353 e.